The van der Waals surface area contributed by atoms with Crippen LogP contribution in [0.5, 0.6) is 0 Å². The molecule has 0 fully saturated rings. The first kappa shape index (κ1) is 7.85. The molecule has 0 saturated heterocycles. The molecule has 2 rings (SSSR count). The highest BCUT2D eigenvalue weighted by atomic mass is 16.5. The van der Waals surface area contributed by atoms with E-state index in [1.54, 1.807) is 16.9 Å². The molecule has 0 bridgehead atoms. The minimum atomic E-state index is 0.315. The van der Waals surface area contributed by atoms with E-state index in [0.29, 0.717) is 5.88 Å². The lowest BCUT2D eigenvalue weighted by Gasteiger charge is -1.96. The Bertz CT molecular complexity index is 410. The first-order chi connectivity index (χ1) is 6.18. The lowest BCUT2D eigenvalue weighted by molar-refractivity contribution is 0.438. The second-order valence-electron chi connectivity index (χ2n) is 2.91. The summed E-state index contributed by atoms with van der Waals surface area (Å²) in [6, 6.07) is 1.68. The third-order valence-corrected chi connectivity index (χ3v) is 1.89. The Morgan fingerprint density at radius 1 is 1.54 bits per heavy atom. The van der Waals surface area contributed by atoms with E-state index in [9.17, 15) is 0 Å². The van der Waals surface area contributed by atoms with Gasteiger partial charge in [-0.2, -0.15) is 5.10 Å². The van der Waals surface area contributed by atoms with Gasteiger partial charge in [0, 0.05) is 13.1 Å². The number of hydrogen-bond acceptors (Lipinski definition) is 4. The number of anilines is 1. The number of nitrogens with zero attached hydrogens (tertiary/aromatic N) is 3. The van der Waals surface area contributed by atoms with Crippen LogP contribution >= 0.6 is 0 Å². The quantitative estimate of drug-likeness (QED) is 0.706. The highest BCUT2D eigenvalue weighted by molar-refractivity contribution is 5.60. The van der Waals surface area contributed by atoms with Gasteiger partial charge in [-0.1, -0.05) is 5.16 Å². The van der Waals surface area contributed by atoms with Crippen LogP contribution in [0, 0.1) is 6.92 Å². The SMILES string of the molecule is Cc1cnn(C)c1-c1cc(N)on1. The summed E-state index contributed by atoms with van der Waals surface area (Å²) in [4.78, 5) is 0. The molecule has 2 N–H and O–H groups in total. The van der Waals surface area contributed by atoms with E-state index in [4.69, 9.17) is 10.3 Å². The van der Waals surface area contributed by atoms with Gasteiger partial charge < -0.3 is 10.3 Å². The van der Waals surface area contributed by atoms with E-state index in [0.717, 1.165) is 17.0 Å². The van der Waals surface area contributed by atoms with Gasteiger partial charge in [0.05, 0.1) is 11.9 Å². The van der Waals surface area contributed by atoms with Crippen LogP contribution in [-0.4, -0.2) is 14.9 Å². The van der Waals surface area contributed by atoms with Crippen LogP contribution in [0.25, 0.3) is 11.4 Å². The normalized spacial score (nSPS) is 10.6. The second kappa shape index (κ2) is 2.62. The number of rotatable bonds is 1. The molecular formula is C8H10N4O. The topological polar surface area (TPSA) is 69.9 Å². The standard InChI is InChI=1S/C8H10N4O/c1-5-4-10-12(2)8(5)6-3-7(9)13-11-6/h3-4H,9H2,1-2H3. The molecule has 2 heterocycles. The van der Waals surface area contributed by atoms with Crippen LogP contribution < -0.4 is 5.73 Å². The summed E-state index contributed by atoms with van der Waals surface area (Å²) in [6.45, 7) is 1.97. The van der Waals surface area contributed by atoms with Gasteiger partial charge in [-0.15, -0.1) is 0 Å². The van der Waals surface area contributed by atoms with Gasteiger partial charge in [-0.3, -0.25) is 4.68 Å². The highest BCUT2D eigenvalue weighted by Crippen LogP contribution is 2.22. The van der Waals surface area contributed by atoms with Crippen molar-refractivity contribution < 1.29 is 4.52 Å². The lowest BCUT2D eigenvalue weighted by atomic mass is 10.2. The van der Waals surface area contributed by atoms with Crippen molar-refractivity contribution >= 4 is 5.88 Å². The van der Waals surface area contributed by atoms with Gasteiger partial charge in [0.2, 0.25) is 5.88 Å². The molecule has 0 aliphatic heterocycles. The summed E-state index contributed by atoms with van der Waals surface area (Å²) in [5.41, 5.74) is 8.13. The van der Waals surface area contributed by atoms with Crippen LogP contribution in [0.4, 0.5) is 5.88 Å². The zero-order valence-corrected chi connectivity index (χ0v) is 7.48. The molecule has 0 saturated carbocycles. The third-order valence-electron chi connectivity index (χ3n) is 1.89. The molecule has 5 nitrogen and oxygen atoms in total. The Morgan fingerprint density at radius 3 is 2.77 bits per heavy atom. The fourth-order valence-electron chi connectivity index (χ4n) is 1.32. The number of aromatic nitrogens is 3. The van der Waals surface area contributed by atoms with E-state index < -0.39 is 0 Å². The minimum absolute atomic E-state index is 0.315. The van der Waals surface area contributed by atoms with Gasteiger partial charge >= 0.3 is 0 Å². The number of nitrogen functional groups attached to an aromatic ring is 1. The highest BCUT2D eigenvalue weighted by Gasteiger charge is 2.11. The average Bonchev–Trinajstić information content (AvgIpc) is 2.60. The maximum absolute atomic E-state index is 5.43. The van der Waals surface area contributed by atoms with Gasteiger partial charge in [-0.05, 0) is 12.5 Å². The summed E-state index contributed by atoms with van der Waals surface area (Å²) < 4.78 is 6.53. The Hall–Kier alpha value is -1.78. The van der Waals surface area contributed by atoms with Crippen molar-refractivity contribution in [3.8, 4) is 11.4 Å². The second-order valence-corrected chi connectivity index (χ2v) is 2.91. The fourth-order valence-corrected chi connectivity index (χ4v) is 1.32. The maximum atomic E-state index is 5.43. The first-order valence-corrected chi connectivity index (χ1v) is 3.89. The minimum Gasteiger partial charge on any atom is -0.368 e. The smallest absolute Gasteiger partial charge is 0.222 e. The van der Waals surface area contributed by atoms with Gasteiger partial charge in [0.15, 0.2) is 0 Å². The molecule has 0 aliphatic rings. The molecule has 0 unspecified atom stereocenters. The van der Waals surface area contributed by atoms with Crippen molar-refractivity contribution in [1.29, 1.82) is 0 Å². The maximum Gasteiger partial charge on any atom is 0.222 e. The Balaban J connectivity index is 2.57. The molecule has 0 spiro atoms. The summed E-state index contributed by atoms with van der Waals surface area (Å²) in [7, 11) is 1.85. The monoisotopic (exact) mass is 178 g/mol. The van der Waals surface area contributed by atoms with E-state index in [1.165, 1.54) is 0 Å². The predicted molar refractivity (Wildman–Crippen MR) is 47.9 cm³/mol. The Morgan fingerprint density at radius 2 is 2.31 bits per heavy atom. The fraction of sp³-hybridized carbons (Fsp3) is 0.250. The molecule has 2 aromatic rings. The van der Waals surface area contributed by atoms with Crippen molar-refractivity contribution in [2.75, 3.05) is 5.73 Å². The Labute approximate surface area is 75.1 Å². The van der Waals surface area contributed by atoms with Crippen molar-refractivity contribution in [2.24, 2.45) is 7.05 Å². The van der Waals surface area contributed by atoms with E-state index in [2.05, 4.69) is 10.3 Å². The number of hydrogen-bond donors (Lipinski definition) is 1. The predicted octanol–water partition coefficient (Wildman–Crippen LogP) is 0.966. The molecule has 0 aromatic carbocycles. The van der Waals surface area contributed by atoms with Crippen molar-refractivity contribution in [2.45, 2.75) is 6.92 Å². The molecule has 5 heteroatoms. The van der Waals surface area contributed by atoms with E-state index in [-0.39, 0.29) is 0 Å². The molecule has 2 aromatic heterocycles. The first-order valence-electron chi connectivity index (χ1n) is 3.89. The average molecular weight is 178 g/mol. The van der Waals surface area contributed by atoms with Crippen molar-refractivity contribution in [3.05, 3.63) is 17.8 Å². The molecular weight excluding hydrogens is 168 g/mol. The zero-order chi connectivity index (χ0) is 9.42. The number of aryl methyl sites for hydroxylation is 2. The third kappa shape index (κ3) is 1.18. The molecule has 68 valence electrons. The van der Waals surface area contributed by atoms with E-state index >= 15 is 0 Å². The van der Waals surface area contributed by atoms with Crippen LogP contribution in [0.3, 0.4) is 0 Å². The molecule has 0 amide bonds. The molecule has 13 heavy (non-hydrogen) atoms. The zero-order valence-electron chi connectivity index (χ0n) is 7.48. The summed E-state index contributed by atoms with van der Waals surface area (Å²) in [6.07, 6.45) is 1.78. The molecule has 0 aliphatic carbocycles. The lowest BCUT2D eigenvalue weighted by Crippen LogP contribution is -1.94. The summed E-state index contributed by atoms with van der Waals surface area (Å²) in [5.74, 6) is 0.315. The van der Waals surface area contributed by atoms with Crippen molar-refractivity contribution in [1.82, 2.24) is 14.9 Å². The van der Waals surface area contributed by atoms with Gasteiger partial charge in [-0.25, -0.2) is 0 Å². The van der Waals surface area contributed by atoms with Crippen LogP contribution in [0.2, 0.25) is 0 Å². The van der Waals surface area contributed by atoms with E-state index in [1.807, 2.05) is 14.0 Å². The summed E-state index contributed by atoms with van der Waals surface area (Å²) in [5, 5.41) is 7.92. The van der Waals surface area contributed by atoms with Crippen LogP contribution in [-0.2, 0) is 7.05 Å². The largest absolute Gasteiger partial charge is 0.368 e. The van der Waals surface area contributed by atoms with Gasteiger partial charge in [0.1, 0.15) is 5.69 Å². The Kier molecular flexibility index (Phi) is 1.58. The number of nitrogens with two attached hydrogens (primary N) is 1. The van der Waals surface area contributed by atoms with Crippen LogP contribution in [0.1, 0.15) is 5.56 Å². The summed E-state index contributed by atoms with van der Waals surface area (Å²) >= 11 is 0. The van der Waals surface area contributed by atoms with Gasteiger partial charge in [0.25, 0.3) is 0 Å². The molecule has 0 atom stereocenters. The van der Waals surface area contributed by atoms with Crippen molar-refractivity contribution in [3.63, 3.8) is 0 Å². The van der Waals surface area contributed by atoms with Crippen LogP contribution in [0.15, 0.2) is 16.8 Å². The molecule has 0 radical (unpaired) electrons.